The first kappa shape index (κ1) is 8.58. The van der Waals surface area contributed by atoms with Crippen molar-refractivity contribution in [3.8, 4) is 0 Å². The highest BCUT2D eigenvalue weighted by molar-refractivity contribution is 5.28. The van der Waals surface area contributed by atoms with Crippen molar-refractivity contribution in [1.82, 2.24) is 0 Å². The maximum Gasteiger partial charge on any atom is -0.00827 e. The number of rotatable bonds is 1. The Morgan fingerprint density at radius 2 is 2.27 bits per heavy atom. The van der Waals surface area contributed by atoms with E-state index in [9.17, 15) is 0 Å². The summed E-state index contributed by atoms with van der Waals surface area (Å²) < 4.78 is 0. The topological polar surface area (TPSA) is 0 Å². The fourth-order valence-corrected chi connectivity index (χ4v) is 1.25. The van der Waals surface area contributed by atoms with Crippen LogP contribution in [0.15, 0.2) is 23.8 Å². The first-order chi connectivity index (χ1) is 5.06. The zero-order chi connectivity index (χ0) is 8.48. The van der Waals surface area contributed by atoms with Crippen LogP contribution in [0.4, 0.5) is 0 Å². The van der Waals surface area contributed by atoms with Crippen LogP contribution in [0.5, 0.6) is 0 Å². The third-order valence-electron chi connectivity index (χ3n) is 2.59. The lowest BCUT2D eigenvalue weighted by atomic mass is 9.75. The predicted molar refractivity (Wildman–Crippen MR) is 50.1 cm³/mol. The van der Waals surface area contributed by atoms with Gasteiger partial charge in [0.05, 0.1) is 0 Å². The van der Waals surface area contributed by atoms with Gasteiger partial charge in [-0.25, -0.2) is 0 Å². The van der Waals surface area contributed by atoms with E-state index >= 15 is 0 Å². The summed E-state index contributed by atoms with van der Waals surface area (Å²) in [4.78, 5) is 0. The van der Waals surface area contributed by atoms with Gasteiger partial charge in [-0.3, -0.25) is 0 Å². The lowest BCUT2D eigenvalue weighted by molar-refractivity contribution is 0.411. The molecule has 0 amide bonds. The van der Waals surface area contributed by atoms with Gasteiger partial charge in [-0.2, -0.15) is 0 Å². The van der Waals surface area contributed by atoms with E-state index in [2.05, 4.69) is 45.9 Å². The first-order valence-electron chi connectivity index (χ1n) is 4.31. The highest BCUT2D eigenvalue weighted by Crippen LogP contribution is 2.34. The van der Waals surface area contributed by atoms with Crippen molar-refractivity contribution in [3.05, 3.63) is 30.7 Å². The number of allylic oxidation sites excluding steroid dienone is 4. The van der Waals surface area contributed by atoms with E-state index in [-0.39, 0.29) is 5.41 Å². The van der Waals surface area contributed by atoms with E-state index < -0.39 is 0 Å². The van der Waals surface area contributed by atoms with Gasteiger partial charge in [-0.15, -0.1) is 0 Å². The third kappa shape index (κ3) is 1.74. The van der Waals surface area contributed by atoms with E-state index in [0.29, 0.717) is 5.92 Å². The Hall–Kier alpha value is -0.520. The van der Waals surface area contributed by atoms with Gasteiger partial charge < -0.3 is 0 Å². The maximum atomic E-state index is 4.15. The van der Waals surface area contributed by atoms with Gasteiger partial charge in [-0.1, -0.05) is 44.6 Å². The summed E-state index contributed by atoms with van der Waals surface area (Å²) >= 11 is 0. The second-order valence-electron chi connectivity index (χ2n) is 3.72. The van der Waals surface area contributed by atoms with E-state index in [0.717, 1.165) is 6.42 Å². The third-order valence-corrected chi connectivity index (χ3v) is 2.59. The zero-order valence-electron chi connectivity index (χ0n) is 7.72. The summed E-state index contributed by atoms with van der Waals surface area (Å²) in [5, 5.41) is 0. The molecular formula is C11H17. The molecule has 1 aliphatic carbocycles. The molecule has 2 atom stereocenters. The SMILES string of the molecule is [CH2]C1(C)C=CC(CC)=CC1C. The van der Waals surface area contributed by atoms with Gasteiger partial charge in [0.25, 0.3) is 0 Å². The van der Waals surface area contributed by atoms with Crippen molar-refractivity contribution in [3.63, 3.8) is 0 Å². The van der Waals surface area contributed by atoms with Crippen LogP contribution in [-0.4, -0.2) is 0 Å². The summed E-state index contributed by atoms with van der Waals surface area (Å²) in [5.41, 5.74) is 1.55. The fraction of sp³-hybridized carbons (Fsp3) is 0.545. The van der Waals surface area contributed by atoms with Gasteiger partial charge in [0, 0.05) is 0 Å². The molecule has 0 heteroatoms. The summed E-state index contributed by atoms with van der Waals surface area (Å²) in [6.45, 7) is 10.7. The quantitative estimate of drug-likeness (QED) is 0.536. The lowest BCUT2D eigenvalue weighted by Crippen LogP contribution is -2.20. The van der Waals surface area contributed by atoms with Crippen LogP contribution in [0.2, 0.25) is 0 Å². The molecule has 0 bridgehead atoms. The van der Waals surface area contributed by atoms with Crippen LogP contribution >= 0.6 is 0 Å². The summed E-state index contributed by atoms with van der Waals surface area (Å²) in [6, 6.07) is 0. The molecule has 0 spiro atoms. The molecule has 0 saturated heterocycles. The smallest absolute Gasteiger partial charge is 0.00827 e. The van der Waals surface area contributed by atoms with Gasteiger partial charge in [0.15, 0.2) is 0 Å². The Kier molecular flexibility index (Phi) is 2.22. The summed E-state index contributed by atoms with van der Waals surface area (Å²) in [7, 11) is 0. The second kappa shape index (κ2) is 2.84. The Morgan fingerprint density at radius 1 is 1.64 bits per heavy atom. The first-order valence-corrected chi connectivity index (χ1v) is 4.31. The second-order valence-corrected chi connectivity index (χ2v) is 3.72. The molecule has 2 unspecified atom stereocenters. The van der Waals surface area contributed by atoms with Crippen LogP contribution in [0.3, 0.4) is 0 Å². The van der Waals surface area contributed by atoms with Gasteiger partial charge in [0.2, 0.25) is 0 Å². The fourth-order valence-electron chi connectivity index (χ4n) is 1.25. The zero-order valence-corrected chi connectivity index (χ0v) is 7.72. The average molecular weight is 149 g/mol. The minimum atomic E-state index is 0.110. The standard InChI is InChI=1S/C11H17/c1-5-10-6-7-11(3,4)9(2)8-10/h6-9H,3,5H2,1-2,4H3. The molecule has 0 nitrogen and oxygen atoms in total. The minimum Gasteiger partial charge on any atom is -0.0777 e. The van der Waals surface area contributed by atoms with Crippen LogP contribution in [-0.2, 0) is 0 Å². The highest BCUT2D eigenvalue weighted by atomic mass is 14.3. The Morgan fingerprint density at radius 3 is 2.73 bits per heavy atom. The van der Waals surface area contributed by atoms with Crippen molar-refractivity contribution < 1.29 is 0 Å². The van der Waals surface area contributed by atoms with E-state index in [1.54, 1.807) is 0 Å². The van der Waals surface area contributed by atoms with Crippen molar-refractivity contribution in [1.29, 1.82) is 0 Å². The van der Waals surface area contributed by atoms with E-state index in [1.807, 2.05) is 0 Å². The lowest BCUT2D eigenvalue weighted by Gasteiger charge is -2.29. The Labute approximate surface area is 70.0 Å². The normalized spacial score (nSPS) is 28.4. The summed E-state index contributed by atoms with van der Waals surface area (Å²) in [5.74, 6) is 0.572. The average Bonchev–Trinajstić information content (AvgIpc) is 1.95. The van der Waals surface area contributed by atoms with Gasteiger partial charge >= 0.3 is 0 Å². The van der Waals surface area contributed by atoms with Gasteiger partial charge in [0.1, 0.15) is 0 Å². The molecule has 0 fully saturated rings. The molecule has 0 N–H and O–H groups in total. The van der Waals surface area contributed by atoms with Crippen LogP contribution in [0.25, 0.3) is 0 Å². The highest BCUT2D eigenvalue weighted by Gasteiger charge is 2.23. The molecule has 0 aromatic heterocycles. The Bertz CT molecular complexity index is 194. The summed E-state index contributed by atoms with van der Waals surface area (Å²) in [6.07, 6.45) is 7.88. The molecule has 61 valence electrons. The van der Waals surface area contributed by atoms with Crippen molar-refractivity contribution in [2.45, 2.75) is 27.2 Å². The number of hydrogen-bond acceptors (Lipinski definition) is 0. The van der Waals surface area contributed by atoms with Gasteiger partial charge in [-0.05, 0) is 24.7 Å². The molecule has 1 radical (unpaired) electrons. The molecule has 11 heavy (non-hydrogen) atoms. The van der Waals surface area contributed by atoms with Crippen molar-refractivity contribution in [2.75, 3.05) is 0 Å². The van der Waals surface area contributed by atoms with Crippen LogP contribution in [0.1, 0.15) is 27.2 Å². The van der Waals surface area contributed by atoms with Crippen molar-refractivity contribution >= 4 is 0 Å². The molecule has 0 aliphatic heterocycles. The predicted octanol–water partition coefficient (Wildman–Crippen LogP) is 3.37. The van der Waals surface area contributed by atoms with Crippen LogP contribution in [0, 0.1) is 18.3 Å². The van der Waals surface area contributed by atoms with E-state index in [1.165, 1.54) is 5.57 Å². The van der Waals surface area contributed by atoms with Crippen LogP contribution < -0.4 is 0 Å². The molecule has 0 saturated carbocycles. The molecule has 1 aliphatic rings. The molecular weight excluding hydrogens is 132 g/mol. The molecule has 0 aromatic rings. The molecule has 0 aromatic carbocycles. The minimum absolute atomic E-state index is 0.110. The largest absolute Gasteiger partial charge is 0.0777 e. The van der Waals surface area contributed by atoms with Crippen molar-refractivity contribution in [2.24, 2.45) is 11.3 Å². The number of hydrogen-bond donors (Lipinski definition) is 0. The molecule has 0 heterocycles. The molecule has 1 rings (SSSR count). The maximum absolute atomic E-state index is 4.15. The van der Waals surface area contributed by atoms with E-state index in [4.69, 9.17) is 0 Å². The Balaban J connectivity index is 2.80. The monoisotopic (exact) mass is 149 g/mol.